The van der Waals surface area contributed by atoms with Gasteiger partial charge in [-0.3, -0.25) is 4.68 Å². The van der Waals surface area contributed by atoms with E-state index in [1.54, 1.807) is 6.20 Å². The lowest BCUT2D eigenvalue weighted by atomic mass is 10.1. The van der Waals surface area contributed by atoms with Gasteiger partial charge < -0.3 is 5.32 Å². The Kier molecular flexibility index (Phi) is 4.32. The summed E-state index contributed by atoms with van der Waals surface area (Å²) in [5.41, 5.74) is 1.88. The highest BCUT2D eigenvalue weighted by atomic mass is 15.3. The standard InChI is InChI=1S/C15H18N4/c1-12(11-19-9-3-8-17-19)18-13(2)15-6-4-14(10-16)5-7-15/h3-9,12-13,18H,11H2,1-2H3. The molecule has 19 heavy (non-hydrogen) atoms. The lowest BCUT2D eigenvalue weighted by molar-refractivity contribution is 0.413. The first-order valence-electron chi connectivity index (χ1n) is 6.42. The lowest BCUT2D eigenvalue weighted by Gasteiger charge is -2.20. The quantitative estimate of drug-likeness (QED) is 0.892. The van der Waals surface area contributed by atoms with Crippen LogP contribution in [0.4, 0.5) is 0 Å². The molecule has 2 atom stereocenters. The Morgan fingerprint density at radius 1 is 1.32 bits per heavy atom. The third kappa shape index (κ3) is 3.67. The van der Waals surface area contributed by atoms with E-state index in [4.69, 9.17) is 5.26 Å². The summed E-state index contributed by atoms with van der Waals surface area (Å²) in [5.74, 6) is 0. The maximum absolute atomic E-state index is 8.78. The number of hydrogen-bond acceptors (Lipinski definition) is 3. The Bertz CT molecular complexity index is 537. The molecule has 0 radical (unpaired) electrons. The minimum absolute atomic E-state index is 0.248. The summed E-state index contributed by atoms with van der Waals surface area (Å²) in [6.07, 6.45) is 3.75. The van der Waals surface area contributed by atoms with Crippen LogP contribution in [0.15, 0.2) is 42.7 Å². The summed E-state index contributed by atoms with van der Waals surface area (Å²) in [5, 5.41) is 16.5. The van der Waals surface area contributed by atoms with Crippen molar-refractivity contribution in [1.29, 1.82) is 5.26 Å². The molecule has 2 aromatic rings. The van der Waals surface area contributed by atoms with Crippen molar-refractivity contribution < 1.29 is 0 Å². The molecule has 4 heteroatoms. The zero-order valence-corrected chi connectivity index (χ0v) is 11.2. The average Bonchev–Trinajstić information content (AvgIpc) is 2.91. The third-order valence-corrected chi connectivity index (χ3v) is 3.09. The minimum Gasteiger partial charge on any atom is -0.306 e. The van der Waals surface area contributed by atoms with Crippen LogP contribution in [0, 0.1) is 11.3 Å². The Balaban J connectivity index is 1.92. The maximum Gasteiger partial charge on any atom is 0.0991 e. The monoisotopic (exact) mass is 254 g/mol. The van der Waals surface area contributed by atoms with E-state index >= 15 is 0 Å². The molecule has 0 aliphatic heterocycles. The molecule has 0 saturated carbocycles. The van der Waals surface area contributed by atoms with Gasteiger partial charge in [0.1, 0.15) is 0 Å². The van der Waals surface area contributed by atoms with Gasteiger partial charge in [0.15, 0.2) is 0 Å². The van der Waals surface area contributed by atoms with E-state index in [-0.39, 0.29) is 6.04 Å². The highest BCUT2D eigenvalue weighted by Gasteiger charge is 2.10. The highest BCUT2D eigenvalue weighted by molar-refractivity contribution is 5.32. The summed E-state index contributed by atoms with van der Waals surface area (Å²) in [6, 6.07) is 12.3. The zero-order valence-electron chi connectivity index (χ0n) is 11.2. The van der Waals surface area contributed by atoms with Crippen LogP contribution in [-0.2, 0) is 6.54 Å². The van der Waals surface area contributed by atoms with E-state index in [1.165, 1.54) is 5.56 Å². The molecule has 0 bridgehead atoms. The molecule has 2 rings (SSSR count). The number of benzene rings is 1. The van der Waals surface area contributed by atoms with Gasteiger partial charge in [-0.25, -0.2) is 0 Å². The first-order chi connectivity index (χ1) is 9.19. The van der Waals surface area contributed by atoms with Gasteiger partial charge in [0.2, 0.25) is 0 Å². The number of rotatable bonds is 5. The second kappa shape index (κ2) is 6.17. The summed E-state index contributed by atoms with van der Waals surface area (Å²) in [7, 11) is 0. The molecule has 0 fully saturated rings. The fourth-order valence-electron chi connectivity index (χ4n) is 2.11. The molecule has 0 saturated heterocycles. The van der Waals surface area contributed by atoms with Crippen molar-refractivity contribution in [2.75, 3.05) is 0 Å². The molecular weight excluding hydrogens is 236 g/mol. The molecule has 0 spiro atoms. The number of aromatic nitrogens is 2. The van der Waals surface area contributed by atoms with Crippen molar-refractivity contribution in [3.05, 3.63) is 53.9 Å². The van der Waals surface area contributed by atoms with Crippen molar-refractivity contribution in [2.45, 2.75) is 32.5 Å². The fourth-order valence-corrected chi connectivity index (χ4v) is 2.11. The summed E-state index contributed by atoms with van der Waals surface area (Å²) >= 11 is 0. The molecule has 2 unspecified atom stereocenters. The van der Waals surface area contributed by atoms with Crippen molar-refractivity contribution in [1.82, 2.24) is 15.1 Å². The minimum atomic E-state index is 0.248. The predicted octanol–water partition coefficient (Wildman–Crippen LogP) is 2.49. The fraction of sp³-hybridized carbons (Fsp3) is 0.333. The molecule has 1 aromatic carbocycles. The third-order valence-electron chi connectivity index (χ3n) is 3.09. The topological polar surface area (TPSA) is 53.6 Å². The van der Waals surface area contributed by atoms with Crippen LogP contribution >= 0.6 is 0 Å². The first-order valence-corrected chi connectivity index (χ1v) is 6.42. The Morgan fingerprint density at radius 2 is 2.05 bits per heavy atom. The molecule has 0 aliphatic carbocycles. The largest absolute Gasteiger partial charge is 0.306 e. The molecule has 1 aromatic heterocycles. The summed E-state index contributed by atoms with van der Waals surface area (Å²) in [4.78, 5) is 0. The number of nitriles is 1. The van der Waals surface area contributed by atoms with E-state index in [2.05, 4.69) is 30.3 Å². The van der Waals surface area contributed by atoms with Crippen molar-refractivity contribution >= 4 is 0 Å². The Morgan fingerprint density at radius 3 is 2.63 bits per heavy atom. The molecule has 4 nitrogen and oxygen atoms in total. The van der Waals surface area contributed by atoms with Crippen LogP contribution < -0.4 is 5.32 Å². The first kappa shape index (κ1) is 13.3. The highest BCUT2D eigenvalue weighted by Crippen LogP contribution is 2.14. The molecule has 0 amide bonds. The van der Waals surface area contributed by atoms with Crippen LogP contribution in [0.1, 0.15) is 31.0 Å². The molecule has 98 valence electrons. The van der Waals surface area contributed by atoms with Crippen LogP contribution in [0.3, 0.4) is 0 Å². The average molecular weight is 254 g/mol. The van der Waals surface area contributed by atoms with E-state index in [0.29, 0.717) is 11.6 Å². The van der Waals surface area contributed by atoms with E-state index in [0.717, 1.165) is 6.54 Å². The molecular formula is C15H18N4. The van der Waals surface area contributed by atoms with Crippen LogP contribution in [0.2, 0.25) is 0 Å². The number of nitrogens with one attached hydrogen (secondary N) is 1. The van der Waals surface area contributed by atoms with Gasteiger partial charge in [0.05, 0.1) is 18.2 Å². The van der Waals surface area contributed by atoms with Gasteiger partial charge in [0, 0.05) is 24.5 Å². The maximum atomic E-state index is 8.78. The number of nitrogens with zero attached hydrogens (tertiary/aromatic N) is 3. The van der Waals surface area contributed by atoms with Crippen molar-refractivity contribution in [3.8, 4) is 6.07 Å². The second-order valence-electron chi connectivity index (χ2n) is 4.75. The SMILES string of the molecule is CC(Cn1cccn1)NC(C)c1ccc(C#N)cc1. The normalized spacial score (nSPS) is 13.7. The molecule has 0 aliphatic rings. The zero-order chi connectivity index (χ0) is 13.7. The number of hydrogen-bond donors (Lipinski definition) is 1. The van der Waals surface area contributed by atoms with Gasteiger partial charge >= 0.3 is 0 Å². The Hall–Kier alpha value is -2.12. The molecule has 1 N–H and O–H groups in total. The smallest absolute Gasteiger partial charge is 0.0991 e. The van der Waals surface area contributed by atoms with E-state index in [9.17, 15) is 0 Å². The summed E-state index contributed by atoms with van der Waals surface area (Å²) < 4.78 is 1.92. The van der Waals surface area contributed by atoms with Crippen LogP contribution in [0.5, 0.6) is 0 Å². The summed E-state index contributed by atoms with van der Waals surface area (Å²) in [6.45, 7) is 5.11. The van der Waals surface area contributed by atoms with Crippen molar-refractivity contribution in [2.24, 2.45) is 0 Å². The van der Waals surface area contributed by atoms with E-state index in [1.807, 2.05) is 41.2 Å². The van der Waals surface area contributed by atoms with Crippen LogP contribution in [-0.4, -0.2) is 15.8 Å². The van der Waals surface area contributed by atoms with E-state index < -0.39 is 0 Å². The van der Waals surface area contributed by atoms with Crippen molar-refractivity contribution in [3.63, 3.8) is 0 Å². The lowest BCUT2D eigenvalue weighted by Crippen LogP contribution is -2.32. The van der Waals surface area contributed by atoms with Gasteiger partial charge in [-0.2, -0.15) is 10.4 Å². The Labute approximate surface area is 113 Å². The van der Waals surface area contributed by atoms with Gasteiger partial charge in [-0.15, -0.1) is 0 Å². The van der Waals surface area contributed by atoms with Gasteiger partial charge in [-0.05, 0) is 37.6 Å². The van der Waals surface area contributed by atoms with Gasteiger partial charge in [0.25, 0.3) is 0 Å². The van der Waals surface area contributed by atoms with Gasteiger partial charge in [-0.1, -0.05) is 12.1 Å². The predicted molar refractivity (Wildman–Crippen MR) is 74.4 cm³/mol. The molecule has 1 heterocycles. The second-order valence-corrected chi connectivity index (χ2v) is 4.75. The van der Waals surface area contributed by atoms with Crippen LogP contribution in [0.25, 0.3) is 0 Å².